The Bertz CT molecular complexity index is 409. The first-order valence-electron chi connectivity index (χ1n) is 8.29. The second kappa shape index (κ2) is 6.28. The average molecular weight is 272 g/mol. The van der Waals surface area contributed by atoms with Gasteiger partial charge < -0.3 is 10.2 Å². The molecule has 0 saturated carbocycles. The van der Waals surface area contributed by atoms with Gasteiger partial charge in [0.1, 0.15) is 0 Å². The topological polar surface area (TPSA) is 15.3 Å². The summed E-state index contributed by atoms with van der Waals surface area (Å²) in [7, 11) is 0. The molecule has 2 nitrogen and oxygen atoms in total. The molecule has 2 fully saturated rings. The summed E-state index contributed by atoms with van der Waals surface area (Å²) in [6, 6.07) is 11.1. The predicted molar refractivity (Wildman–Crippen MR) is 85.1 cm³/mol. The molecule has 2 unspecified atom stereocenters. The molecule has 0 aliphatic carbocycles. The Morgan fingerprint density at radius 3 is 2.85 bits per heavy atom. The summed E-state index contributed by atoms with van der Waals surface area (Å²) < 4.78 is 0. The molecule has 1 aromatic rings. The number of rotatable bonds is 5. The van der Waals surface area contributed by atoms with E-state index >= 15 is 0 Å². The fraction of sp³-hybridized carbons (Fsp3) is 0.667. The Morgan fingerprint density at radius 2 is 2.15 bits per heavy atom. The molecule has 3 rings (SSSR count). The van der Waals surface area contributed by atoms with Gasteiger partial charge in [-0.25, -0.2) is 0 Å². The summed E-state index contributed by atoms with van der Waals surface area (Å²) in [5.41, 5.74) is 2.09. The van der Waals surface area contributed by atoms with Gasteiger partial charge >= 0.3 is 0 Å². The smallest absolute Gasteiger partial charge is 0.00510 e. The van der Waals surface area contributed by atoms with Crippen molar-refractivity contribution in [1.29, 1.82) is 0 Å². The van der Waals surface area contributed by atoms with Crippen molar-refractivity contribution in [2.45, 2.75) is 38.5 Å². The van der Waals surface area contributed by atoms with Crippen molar-refractivity contribution in [1.82, 2.24) is 10.2 Å². The second-order valence-electron chi connectivity index (χ2n) is 6.81. The summed E-state index contributed by atoms with van der Waals surface area (Å²) in [4.78, 5) is 2.72. The minimum atomic E-state index is 0.556. The van der Waals surface area contributed by atoms with Crippen LogP contribution in [0, 0.1) is 5.41 Å². The largest absolute Gasteiger partial charge is 0.316 e. The van der Waals surface area contributed by atoms with Gasteiger partial charge in [-0.2, -0.15) is 0 Å². The predicted octanol–water partition coefficient (Wildman–Crippen LogP) is 3.26. The maximum Gasteiger partial charge on any atom is 0.00510 e. The molecular weight excluding hydrogens is 244 g/mol. The van der Waals surface area contributed by atoms with Gasteiger partial charge in [-0.15, -0.1) is 0 Å². The number of hydrogen-bond acceptors (Lipinski definition) is 2. The lowest BCUT2D eigenvalue weighted by molar-refractivity contribution is 0.176. The zero-order chi connectivity index (χ0) is 13.8. The SMILES string of the molecule is CCCC1(CN2CCC(c3ccccc3)C2)CCNC1. The van der Waals surface area contributed by atoms with Crippen molar-refractivity contribution in [3.63, 3.8) is 0 Å². The first-order chi connectivity index (χ1) is 9.81. The molecule has 2 heterocycles. The van der Waals surface area contributed by atoms with E-state index in [0.717, 1.165) is 5.92 Å². The van der Waals surface area contributed by atoms with Crippen LogP contribution >= 0.6 is 0 Å². The summed E-state index contributed by atoms with van der Waals surface area (Å²) in [5, 5.41) is 3.59. The third-order valence-electron chi connectivity index (χ3n) is 5.21. The summed E-state index contributed by atoms with van der Waals surface area (Å²) in [6.45, 7) is 8.62. The minimum Gasteiger partial charge on any atom is -0.316 e. The van der Waals surface area contributed by atoms with Crippen LogP contribution in [0.1, 0.15) is 44.1 Å². The Kier molecular flexibility index (Phi) is 4.42. The first-order valence-corrected chi connectivity index (χ1v) is 8.29. The second-order valence-corrected chi connectivity index (χ2v) is 6.81. The van der Waals surface area contributed by atoms with Gasteiger partial charge in [-0.3, -0.25) is 0 Å². The molecule has 0 spiro atoms. The van der Waals surface area contributed by atoms with E-state index in [1.807, 2.05) is 0 Å². The van der Waals surface area contributed by atoms with Crippen LogP contribution in [0.2, 0.25) is 0 Å². The van der Waals surface area contributed by atoms with Crippen LogP contribution in [0.25, 0.3) is 0 Å². The van der Waals surface area contributed by atoms with Gasteiger partial charge in [0, 0.05) is 19.6 Å². The van der Waals surface area contributed by atoms with Crippen molar-refractivity contribution in [2.75, 3.05) is 32.7 Å². The van der Waals surface area contributed by atoms with E-state index in [0.29, 0.717) is 5.41 Å². The van der Waals surface area contributed by atoms with Crippen molar-refractivity contribution in [3.05, 3.63) is 35.9 Å². The van der Waals surface area contributed by atoms with Crippen molar-refractivity contribution in [2.24, 2.45) is 5.41 Å². The highest BCUT2D eigenvalue weighted by molar-refractivity contribution is 5.21. The van der Waals surface area contributed by atoms with Crippen LogP contribution in [0.5, 0.6) is 0 Å². The van der Waals surface area contributed by atoms with Crippen LogP contribution in [-0.4, -0.2) is 37.6 Å². The lowest BCUT2D eigenvalue weighted by Gasteiger charge is -2.33. The quantitative estimate of drug-likeness (QED) is 0.885. The van der Waals surface area contributed by atoms with E-state index < -0.39 is 0 Å². The number of likely N-dealkylation sites (tertiary alicyclic amines) is 1. The van der Waals surface area contributed by atoms with E-state index in [9.17, 15) is 0 Å². The number of nitrogens with one attached hydrogen (secondary N) is 1. The molecule has 2 saturated heterocycles. The fourth-order valence-corrected chi connectivity index (χ4v) is 4.20. The number of hydrogen-bond donors (Lipinski definition) is 1. The van der Waals surface area contributed by atoms with Crippen molar-refractivity contribution < 1.29 is 0 Å². The summed E-state index contributed by atoms with van der Waals surface area (Å²) in [5.74, 6) is 0.754. The molecule has 2 heteroatoms. The zero-order valence-corrected chi connectivity index (χ0v) is 12.8. The Balaban J connectivity index is 1.60. The standard InChI is InChI=1S/C18H28N2/c1-2-9-18(10-11-19-14-18)15-20-12-8-17(13-20)16-6-4-3-5-7-16/h3-7,17,19H,2,8-15H2,1H3. The zero-order valence-electron chi connectivity index (χ0n) is 12.8. The lowest BCUT2D eigenvalue weighted by Crippen LogP contribution is -2.38. The Labute approximate surface area is 123 Å². The molecule has 1 N–H and O–H groups in total. The summed E-state index contributed by atoms with van der Waals surface area (Å²) >= 11 is 0. The lowest BCUT2D eigenvalue weighted by atomic mass is 9.82. The van der Waals surface area contributed by atoms with Crippen LogP contribution in [-0.2, 0) is 0 Å². The van der Waals surface area contributed by atoms with Gasteiger partial charge in [0.15, 0.2) is 0 Å². The number of nitrogens with zero attached hydrogens (tertiary/aromatic N) is 1. The van der Waals surface area contributed by atoms with Crippen molar-refractivity contribution in [3.8, 4) is 0 Å². The van der Waals surface area contributed by atoms with Crippen LogP contribution in [0.4, 0.5) is 0 Å². The highest BCUT2D eigenvalue weighted by Gasteiger charge is 2.36. The van der Waals surface area contributed by atoms with E-state index in [1.165, 1.54) is 64.0 Å². The maximum absolute atomic E-state index is 3.59. The molecule has 2 aliphatic heterocycles. The normalized spacial score (nSPS) is 30.9. The van der Waals surface area contributed by atoms with Gasteiger partial charge in [0.25, 0.3) is 0 Å². The first kappa shape index (κ1) is 14.1. The van der Waals surface area contributed by atoms with Gasteiger partial charge in [0.2, 0.25) is 0 Å². The Hall–Kier alpha value is -0.860. The molecule has 0 amide bonds. The monoisotopic (exact) mass is 272 g/mol. The van der Waals surface area contributed by atoms with E-state index in [-0.39, 0.29) is 0 Å². The molecule has 1 aromatic carbocycles. The van der Waals surface area contributed by atoms with Crippen LogP contribution in [0.3, 0.4) is 0 Å². The maximum atomic E-state index is 3.59. The molecule has 20 heavy (non-hydrogen) atoms. The third kappa shape index (κ3) is 3.07. The van der Waals surface area contributed by atoms with Gasteiger partial charge in [0.05, 0.1) is 0 Å². The van der Waals surface area contributed by atoms with Crippen molar-refractivity contribution >= 4 is 0 Å². The molecule has 0 radical (unpaired) electrons. The highest BCUT2D eigenvalue weighted by atomic mass is 15.2. The highest BCUT2D eigenvalue weighted by Crippen LogP contribution is 2.35. The van der Waals surface area contributed by atoms with Gasteiger partial charge in [-0.1, -0.05) is 43.7 Å². The Morgan fingerprint density at radius 1 is 1.30 bits per heavy atom. The molecule has 0 aromatic heterocycles. The average Bonchev–Trinajstić information content (AvgIpc) is 3.11. The molecule has 2 aliphatic rings. The molecular formula is C18H28N2. The molecule has 2 atom stereocenters. The fourth-order valence-electron chi connectivity index (χ4n) is 4.20. The van der Waals surface area contributed by atoms with E-state index in [4.69, 9.17) is 0 Å². The third-order valence-corrected chi connectivity index (χ3v) is 5.21. The van der Waals surface area contributed by atoms with Crippen LogP contribution in [0.15, 0.2) is 30.3 Å². The summed E-state index contributed by atoms with van der Waals surface area (Å²) in [6.07, 6.45) is 5.40. The van der Waals surface area contributed by atoms with Crippen LogP contribution < -0.4 is 5.32 Å². The van der Waals surface area contributed by atoms with E-state index in [2.05, 4.69) is 47.5 Å². The molecule has 110 valence electrons. The minimum absolute atomic E-state index is 0.556. The number of benzene rings is 1. The molecule has 0 bridgehead atoms. The van der Waals surface area contributed by atoms with Gasteiger partial charge in [-0.05, 0) is 49.2 Å². The van der Waals surface area contributed by atoms with E-state index in [1.54, 1.807) is 0 Å².